The molecule has 0 aliphatic heterocycles. The van der Waals surface area contributed by atoms with E-state index in [9.17, 15) is 10.1 Å². The average Bonchev–Trinajstić information content (AvgIpc) is 2.85. The van der Waals surface area contributed by atoms with Gasteiger partial charge in [0.1, 0.15) is 5.54 Å². The third kappa shape index (κ3) is 4.99. The lowest BCUT2D eigenvalue weighted by atomic mass is 9.92. The first kappa shape index (κ1) is 21.0. The Morgan fingerprint density at radius 1 is 1.39 bits per heavy atom. The molecule has 0 spiro atoms. The van der Waals surface area contributed by atoms with Crippen LogP contribution in [-0.4, -0.2) is 40.5 Å². The second-order valence-corrected chi connectivity index (χ2v) is 8.50. The molecule has 8 heteroatoms. The minimum Gasteiger partial charge on any atom is -0.383 e. The zero-order valence-electron chi connectivity index (χ0n) is 16.0. The largest absolute Gasteiger partial charge is 0.383 e. The summed E-state index contributed by atoms with van der Waals surface area (Å²) in [6.45, 7) is 1.19. The highest BCUT2D eigenvalue weighted by Crippen LogP contribution is 2.28. The number of nitriles is 1. The van der Waals surface area contributed by atoms with Crippen molar-refractivity contribution in [1.29, 1.82) is 5.26 Å². The SMILES string of the molecule is COCCn1c(SCC(=O)NC2(C#N)CCCCCC2)nc2cc(Cl)ccc21. The highest BCUT2D eigenvalue weighted by Gasteiger charge is 2.32. The molecule has 1 aromatic heterocycles. The molecule has 0 bridgehead atoms. The molecule has 0 saturated heterocycles. The summed E-state index contributed by atoms with van der Waals surface area (Å²) in [7, 11) is 1.66. The van der Waals surface area contributed by atoms with Gasteiger partial charge < -0.3 is 14.6 Å². The van der Waals surface area contributed by atoms with Gasteiger partial charge in [-0.2, -0.15) is 5.26 Å². The minimum absolute atomic E-state index is 0.128. The molecule has 0 radical (unpaired) electrons. The first-order chi connectivity index (χ1) is 13.6. The van der Waals surface area contributed by atoms with Crippen molar-refractivity contribution in [2.75, 3.05) is 19.5 Å². The Hall–Kier alpha value is -1.75. The topological polar surface area (TPSA) is 79.9 Å². The predicted octanol–water partition coefficient (Wildman–Crippen LogP) is 4.16. The predicted molar refractivity (Wildman–Crippen MR) is 112 cm³/mol. The van der Waals surface area contributed by atoms with Crippen LogP contribution in [0.15, 0.2) is 23.4 Å². The number of nitrogens with zero attached hydrogens (tertiary/aromatic N) is 3. The van der Waals surface area contributed by atoms with Crippen LogP contribution < -0.4 is 5.32 Å². The number of ether oxygens (including phenoxy) is 1. The lowest BCUT2D eigenvalue weighted by Gasteiger charge is -2.26. The van der Waals surface area contributed by atoms with Gasteiger partial charge in [0.15, 0.2) is 5.16 Å². The van der Waals surface area contributed by atoms with Crippen molar-refractivity contribution in [1.82, 2.24) is 14.9 Å². The van der Waals surface area contributed by atoms with Gasteiger partial charge in [-0.3, -0.25) is 4.79 Å². The van der Waals surface area contributed by atoms with Gasteiger partial charge in [-0.15, -0.1) is 0 Å². The molecule has 0 unspecified atom stereocenters. The van der Waals surface area contributed by atoms with E-state index < -0.39 is 5.54 Å². The van der Waals surface area contributed by atoms with E-state index in [4.69, 9.17) is 16.3 Å². The summed E-state index contributed by atoms with van der Waals surface area (Å²) in [6, 6.07) is 7.94. The summed E-state index contributed by atoms with van der Waals surface area (Å²) in [5.41, 5.74) is 1.03. The van der Waals surface area contributed by atoms with E-state index in [0.717, 1.165) is 54.7 Å². The molecule has 2 aromatic rings. The molecular weight excluding hydrogens is 396 g/mol. The van der Waals surface area contributed by atoms with Gasteiger partial charge in [0, 0.05) is 18.7 Å². The van der Waals surface area contributed by atoms with Gasteiger partial charge in [-0.25, -0.2) is 4.98 Å². The van der Waals surface area contributed by atoms with Crippen LogP contribution in [0.5, 0.6) is 0 Å². The third-order valence-corrected chi connectivity index (χ3v) is 6.29. The zero-order chi connectivity index (χ0) is 20.0. The summed E-state index contributed by atoms with van der Waals surface area (Å²) in [5, 5.41) is 14.0. The van der Waals surface area contributed by atoms with Gasteiger partial charge in [0.05, 0.1) is 29.5 Å². The Balaban J connectivity index is 1.71. The van der Waals surface area contributed by atoms with E-state index in [1.807, 2.05) is 22.8 Å². The van der Waals surface area contributed by atoms with Crippen LogP contribution in [0.25, 0.3) is 11.0 Å². The zero-order valence-corrected chi connectivity index (χ0v) is 17.6. The van der Waals surface area contributed by atoms with Gasteiger partial charge in [0.2, 0.25) is 5.91 Å². The summed E-state index contributed by atoms with van der Waals surface area (Å²) in [5.74, 6) is 0.0878. The highest BCUT2D eigenvalue weighted by molar-refractivity contribution is 7.99. The number of nitrogens with one attached hydrogen (secondary N) is 1. The Morgan fingerprint density at radius 2 is 2.14 bits per heavy atom. The molecule has 1 heterocycles. The first-order valence-corrected chi connectivity index (χ1v) is 10.9. The number of aromatic nitrogens is 2. The molecule has 3 rings (SSSR count). The van der Waals surface area contributed by atoms with Crippen LogP contribution in [0, 0.1) is 11.3 Å². The number of fused-ring (bicyclic) bond motifs is 1. The molecule has 1 saturated carbocycles. The molecule has 1 aromatic carbocycles. The van der Waals surface area contributed by atoms with Crippen molar-refractivity contribution in [3.05, 3.63) is 23.2 Å². The van der Waals surface area contributed by atoms with Crippen molar-refractivity contribution >= 4 is 40.3 Å². The van der Waals surface area contributed by atoms with E-state index in [-0.39, 0.29) is 11.7 Å². The van der Waals surface area contributed by atoms with Crippen molar-refractivity contribution in [3.8, 4) is 6.07 Å². The Bertz CT molecular complexity index is 869. The fourth-order valence-electron chi connectivity index (χ4n) is 3.62. The Labute approximate surface area is 174 Å². The average molecular weight is 421 g/mol. The van der Waals surface area contributed by atoms with Gasteiger partial charge in [0.25, 0.3) is 0 Å². The molecule has 1 amide bonds. The first-order valence-electron chi connectivity index (χ1n) is 9.57. The van der Waals surface area contributed by atoms with E-state index in [2.05, 4.69) is 16.4 Å². The molecule has 0 atom stereocenters. The van der Waals surface area contributed by atoms with E-state index in [0.29, 0.717) is 18.2 Å². The fraction of sp³-hybridized carbons (Fsp3) is 0.550. The highest BCUT2D eigenvalue weighted by atomic mass is 35.5. The number of benzene rings is 1. The van der Waals surface area contributed by atoms with Crippen LogP contribution in [0.4, 0.5) is 0 Å². The summed E-state index contributed by atoms with van der Waals surface area (Å²) in [6.07, 6.45) is 5.67. The van der Waals surface area contributed by atoms with Crippen molar-refractivity contribution in [3.63, 3.8) is 0 Å². The van der Waals surface area contributed by atoms with Crippen LogP contribution in [0.3, 0.4) is 0 Å². The standard InChI is InChI=1S/C20H25ClN4O2S/c1-27-11-10-25-17-7-6-15(21)12-16(17)23-19(25)28-13-18(26)24-20(14-22)8-4-2-3-5-9-20/h6-7,12H,2-5,8-11,13H2,1H3,(H,24,26). The van der Waals surface area contributed by atoms with Gasteiger partial charge >= 0.3 is 0 Å². The maximum atomic E-state index is 12.6. The van der Waals surface area contributed by atoms with Crippen LogP contribution in [0.1, 0.15) is 38.5 Å². The second-order valence-electron chi connectivity index (χ2n) is 7.12. The smallest absolute Gasteiger partial charge is 0.231 e. The number of amides is 1. The van der Waals surface area contributed by atoms with Crippen LogP contribution >= 0.6 is 23.4 Å². The van der Waals surface area contributed by atoms with Crippen LogP contribution in [-0.2, 0) is 16.1 Å². The van der Waals surface area contributed by atoms with Crippen molar-refractivity contribution in [2.24, 2.45) is 0 Å². The number of methoxy groups -OCH3 is 1. The lowest BCUT2D eigenvalue weighted by Crippen LogP contribution is -2.47. The lowest BCUT2D eigenvalue weighted by molar-refractivity contribution is -0.120. The normalized spacial score (nSPS) is 16.5. The number of carbonyl (C=O) groups is 1. The van der Waals surface area contributed by atoms with Crippen molar-refractivity contribution in [2.45, 2.75) is 55.8 Å². The number of imidazole rings is 1. The summed E-state index contributed by atoms with van der Waals surface area (Å²) >= 11 is 7.46. The fourth-order valence-corrected chi connectivity index (χ4v) is 4.63. The van der Waals surface area contributed by atoms with E-state index in [1.165, 1.54) is 11.8 Å². The molecule has 1 aliphatic rings. The maximum Gasteiger partial charge on any atom is 0.231 e. The number of rotatable bonds is 7. The van der Waals surface area contributed by atoms with Gasteiger partial charge in [-0.1, -0.05) is 49.0 Å². The summed E-state index contributed by atoms with van der Waals surface area (Å²) < 4.78 is 7.25. The molecule has 28 heavy (non-hydrogen) atoms. The number of carbonyl (C=O) groups excluding carboxylic acids is 1. The summed E-state index contributed by atoms with van der Waals surface area (Å²) in [4.78, 5) is 17.2. The van der Waals surface area contributed by atoms with E-state index in [1.54, 1.807) is 7.11 Å². The van der Waals surface area contributed by atoms with Crippen LogP contribution in [0.2, 0.25) is 5.02 Å². The quantitative estimate of drug-likeness (QED) is 0.537. The second kappa shape index (κ2) is 9.64. The monoisotopic (exact) mass is 420 g/mol. The Kier molecular flexibility index (Phi) is 7.22. The molecule has 1 fully saturated rings. The van der Waals surface area contributed by atoms with Gasteiger partial charge in [-0.05, 0) is 31.0 Å². The molecule has 150 valence electrons. The molecular formula is C20H25ClN4O2S. The van der Waals surface area contributed by atoms with Crippen molar-refractivity contribution < 1.29 is 9.53 Å². The molecule has 1 N–H and O–H groups in total. The Morgan fingerprint density at radius 3 is 2.82 bits per heavy atom. The van der Waals surface area contributed by atoms with E-state index >= 15 is 0 Å². The third-order valence-electron chi connectivity index (χ3n) is 5.08. The number of thioether (sulfide) groups is 1. The number of halogens is 1. The molecule has 1 aliphatic carbocycles. The maximum absolute atomic E-state index is 12.6. The molecule has 6 nitrogen and oxygen atoms in total. The minimum atomic E-state index is -0.724. The number of hydrogen-bond donors (Lipinski definition) is 1. The number of hydrogen-bond acceptors (Lipinski definition) is 5.